The Bertz CT molecular complexity index is 1050. The van der Waals surface area contributed by atoms with Gasteiger partial charge in [0.15, 0.2) is 11.5 Å². The second kappa shape index (κ2) is 11.5. The number of amides is 1. The highest BCUT2D eigenvalue weighted by Gasteiger charge is 2.21. The molecule has 9 heteroatoms. The van der Waals surface area contributed by atoms with Crippen molar-refractivity contribution in [1.82, 2.24) is 5.43 Å². The average molecular weight is 462 g/mol. The average Bonchev–Trinajstić information content (AvgIpc) is 2.70. The molecule has 0 atom stereocenters. The maximum absolute atomic E-state index is 12.4. The summed E-state index contributed by atoms with van der Waals surface area (Å²) in [5.74, 6) is 0.681. The summed E-state index contributed by atoms with van der Waals surface area (Å²) < 4.78 is 36.9. The van der Waals surface area contributed by atoms with Crippen molar-refractivity contribution in [2.45, 2.75) is 34.1 Å². The third kappa shape index (κ3) is 7.56. The normalized spacial score (nSPS) is 11.4. The van der Waals surface area contributed by atoms with Gasteiger partial charge in [-0.2, -0.15) is 5.10 Å². The van der Waals surface area contributed by atoms with Crippen LogP contribution in [0.2, 0.25) is 0 Å². The molecule has 1 N–H and O–H groups in total. The molecule has 32 heavy (non-hydrogen) atoms. The molecule has 0 bridgehead atoms. The van der Waals surface area contributed by atoms with Gasteiger partial charge < -0.3 is 9.47 Å². The molecule has 2 aromatic carbocycles. The van der Waals surface area contributed by atoms with E-state index in [0.29, 0.717) is 36.0 Å². The Morgan fingerprint density at radius 1 is 1.06 bits per heavy atom. The summed E-state index contributed by atoms with van der Waals surface area (Å²) in [7, 11) is -3.66. The first-order valence-electron chi connectivity index (χ1n) is 10.4. The minimum atomic E-state index is -3.66. The van der Waals surface area contributed by atoms with Gasteiger partial charge in [0.25, 0.3) is 5.91 Å². The van der Waals surface area contributed by atoms with Gasteiger partial charge in [-0.1, -0.05) is 13.0 Å². The number of benzene rings is 2. The predicted molar refractivity (Wildman–Crippen MR) is 127 cm³/mol. The van der Waals surface area contributed by atoms with E-state index in [1.807, 2.05) is 33.8 Å². The fourth-order valence-electron chi connectivity index (χ4n) is 3.04. The highest BCUT2D eigenvalue weighted by Crippen LogP contribution is 2.28. The van der Waals surface area contributed by atoms with E-state index in [0.717, 1.165) is 28.1 Å². The monoisotopic (exact) mass is 461 g/mol. The van der Waals surface area contributed by atoms with Gasteiger partial charge in [0.2, 0.25) is 10.0 Å². The Hall–Kier alpha value is -3.07. The summed E-state index contributed by atoms with van der Waals surface area (Å²) in [6.07, 6.45) is 3.41. The van der Waals surface area contributed by atoms with Gasteiger partial charge >= 0.3 is 0 Å². The summed E-state index contributed by atoms with van der Waals surface area (Å²) in [6.45, 7) is 8.34. The fourth-order valence-corrected chi connectivity index (χ4v) is 3.88. The molecular formula is C23H31N3O5S. The van der Waals surface area contributed by atoms with E-state index in [4.69, 9.17) is 9.47 Å². The number of nitrogens with zero attached hydrogens (tertiary/aromatic N) is 2. The van der Waals surface area contributed by atoms with Crippen LogP contribution >= 0.6 is 0 Å². The summed E-state index contributed by atoms with van der Waals surface area (Å²) in [5.41, 5.74) is 5.34. The highest BCUT2D eigenvalue weighted by atomic mass is 32.2. The Labute approximate surface area is 190 Å². The molecule has 0 aliphatic heterocycles. The van der Waals surface area contributed by atoms with Crippen molar-refractivity contribution < 1.29 is 22.7 Å². The highest BCUT2D eigenvalue weighted by molar-refractivity contribution is 7.92. The zero-order chi connectivity index (χ0) is 23.7. The van der Waals surface area contributed by atoms with Crippen molar-refractivity contribution in [3.63, 3.8) is 0 Å². The Morgan fingerprint density at radius 3 is 2.34 bits per heavy atom. The van der Waals surface area contributed by atoms with Crippen LogP contribution in [0.15, 0.2) is 41.5 Å². The molecule has 0 aliphatic rings. The minimum Gasteiger partial charge on any atom is -0.490 e. The second-order valence-corrected chi connectivity index (χ2v) is 9.30. The lowest BCUT2D eigenvalue weighted by atomic mass is 10.1. The summed E-state index contributed by atoms with van der Waals surface area (Å²) in [6, 6.07) is 10.7. The number of carbonyl (C=O) groups is 1. The van der Waals surface area contributed by atoms with E-state index in [2.05, 4.69) is 10.5 Å². The summed E-state index contributed by atoms with van der Waals surface area (Å²) >= 11 is 0. The van der Waals surface area contributed by atoms with Crippen molar-refractivity contribution in [1.29, 1.82) is 0 Å². The van der Waals surface area contributed by atoms with Crippen molar-refractivity contribution in [2.24, 2.45) is 5.10 Å². The van der Waals surface area contributed by atoms with E-state index >= 15 is 0 Å². The SMILES string of the molecule is CCCOc1ccc(/C=N\NC(=O)CN(c2cc(C)cc(C)c2)S(C)(=O)=O)cc1OCC. The number of nitrogens with one attached hydrogen (secondary N) is 1. The fraction of sp³-hybridized carbons (Fsp3) is 0.391. The van der Waals surface area contributed by atoms with Crippen LogP contribution in [0.5, 0.6) is 11.5 Å². The Morgan fingerprint density at radius 2 is 1.75 bits per heavy atom. The van der Waals surface area contributed by atoms with Gasteiger partial charge in [-0.3, -0.25) is 9.10 Å². The van der Waals surface area contributed by atoms with E-state index in [1.54, 1.807) is 30.3 Å². The van der Waals surface area contributed by atoms with Crippen molar-refractivity contribution >= 4 is 27.8 Å². The Balaban J connectivity index is 2.10. The van der Waals surface area contributed by atoms with E-state index in [9.17, 15) is 13.2 Å². The maximum Gasteiger partial charge on any atom is 0.260 e. The molecule has 0 heterocycles. The molecule has 0 aromatic heterocycles. The smallest absolute Gasteiger partial charge is 0.260 e. The van der Waals surface area contributed by atoms with Gasteiger partial charge in [0.05, 0.1) is 31.4 Å². The number of anilines is 1. The van der Waals surface area contributed by atoms with Gasteiger partial charge in [-0.15, -0.1) is 0 Å². The van der Waals surface area contributed by atoms with Crippen LogP contribution < -0.4 is 19.2 Å². The molecule has 174 valence electrons. The van der Waals surface area contributed by atoms with Gasteiger partial charge in [-0.25, -0.2) is 13.8 Å². The van der Waals surface area contributed by atoms with Crippen LogP contribution in [0.3, 0.4) is 0 Å². The van der Waals surface area contributed by atoms with Gasteiger partial charge in [-0.05, 0) is 74.2 Å². The molecule has 2 aromatic rings. The Kier molecular flexibility index (Phi) is 9.07. The van der Waals surface area contributed by atoms with Crippen molar-refractivity contribution in [3.05, 3.63) is 53.1 Å². The molecule has 0 spiro atoms. The number of hydrazone groups is 1. The van der Waals surface area contributed by atoms with Crippen molar-refractivity contribution in [3.8, 4) is 11.5 Å². The van der Waals surface area contributed by atoms with Crippen LogP contribution in [0, 0.1) is 13.8 Å². The predicted octanol–water partition coefficient (Wildman–Crippen LogP) is 3.41. The van der Waals surface area contributed by atoms with E-state index in [1.165, 1.54) is 6.21 Å². The summed E-state index contributed by atoms with van der Waals surface area (Å²) in [5, 5.41) is 3.96. The third-order valence-electron chi connectivity index (χ3n) is 4.31. The number of ether oxygens (including phenoxy) is 2. The first-order chi connectivity index (χ1) is 15.1. The topological polar surface area (TPSA) is 97.3 Å². The molecule has 0 saturated carbocycles. The summed E-state index contributed by atoms with van der Waals surface area (Å²) in [4.78, 5) is 12.4. The van der Waals surface area contributed by atoms with Crippen LogP contribution in [0.4, 0.5) is 5.69 Å². The molecular weight excluding hydrogens is 430 g/mol. The van der Waals surface area contributed by atoms with Crippen LogP contribution in [0.25, 0.3) is 0 Å². The lowest BCUT2D eigenvalue weighted by molar-refractivity contribution is -0.119. The molecule has 0 saturated heterocycles. The molecule has 2 rings (SSSR count). The minimum absolute atomic E-state index is 0.382. The quantitative estimate of drug-likeness (QED) is 0.409. The van der Waals surface area contributed by atoms with Gasteiger partial charge in [0.1, 0.15) is 6.54 Å². The molecule has 8 nitrogen and oxygen atoms in total. The second-order valence-electron chi connectivity index (χ2n) is 7.40. The standard InChI is InChI=1S/C23H31N3O5S/c1-6-10-31-21-9-8-19(14-22(21)30-7-2)15-24-25-23(27)16-26(32(5,28)29)20-12-17(3)11-18(4)13-20/h8-9,11-15H,6-7,10,16H2,1-5H3,(H,25,27)/b24-15-. The molecule has 0 unspecified atom stereocenters. The molecule has 1 amide bonds. The number of aryl methyl sites for hydroxylation is 2. The van der Waals surface area contributed by atoms with Crippen molar-refractivity contribution in [2.75, 3.05) is 30.3 Å². The zero-order valence-electron chi connectivity index (χ0n) is 19.2. The number of sulfonamides is 1. The number of rotatable bonds is 11. The number of hydrogen-bond donors (Lipinski definition) is 1. The van der Waals surface area contributed by atoms with E-state index in [-0.39, 0.29) is 6.54 Å². The van der Waals surface area contributed by atoms with Gasteiger partial charge in [0, 0.05) is 0 Å². The van der Waals surface area contributed by atoms with E-state index < -0.39 is 15.9 Å². The first-order valence-corrected chi connectivity index (χ1v) is 12.3. The molecule has 0 radical (unpaired) electrons. The first kappa shape index (κ1) is 25.2. The van der Waals surface area contributed by atoms with Crippen LogP contribution in [-0.2, 0) is 14.8 Å². The number of hydrogen-bond acceptors (Lipinski definition) is 6. The number of carbonyl (C=O) groups excluding carboxylic acids is 1. The largest absolute Gasteiger partial charge is 0.490 e. The van der Waals surface area contributed by atoms with Crippen LogP contribution in [0.1, 0.15) is 37.0 Å². The third-order valence-corrected chi connectivity index (χ3v) is 5.45. The lowest BCUT2D eigenvalue weighted by Gasteiger charge is -2.22. The lowest BCUT2D eigenvalue weighted by Crippen LogP contribution is -2.39. The molecule has 0 aliphatic carbocycles. The molecule has 0 fully saturated rings. The maximum atomic E-state index is 12.4. The van der Waals surface area contributed by atoms with Crippen LogP contribution in [-0.4, -0.2) is 46.6 Å². The zero-order valence-corrected chi connectivity index (χ0v) is 20.0.